The maximum absolute atomic E-state index is 12.7. The predicted molar refractivity (Wildman–Crippen MR) is 91.9 cm³/mol. The second-order valence-corrected chi connectivity index (χ2v) is 5.76. The molecule has 2 aromatic rings. The molecule has 0 heterocycles. The van der Waals surface area contributed by atoms with Crippen LogP contribution in [0, 0.1) is 0 Å². The van der Waals surface area contributed by atoms with Crippen molar-refractivity contribution in [2.24, 2.45) is 0 Å². The van der Waals surface area contributed by atoms with Crippen molar-refractivity contribution in [3.63, 3.8) is 0 Å². The summed E-state index contributed by atoms with van der Waals surface area (Å²) in [4.78, 5) is 14.8. The normalized spacial score (nSPS) is 12.2. The molecule has 0 aromatic heterocycles. The number of anilines is 1. The van der Waals surface area contributed by atoms with Crippen LogP contribution < -0.4 is 5.32 Å². The number of benzene rings is 2. The zero-order chi connectivity index (χ0) is 15.9. The van der Waals surface area contributed by atoms with Crippen molar-refractivity contribution in [3.05, 3.63) is 65.7 Å². The standard InChI is InChI=1S/C19H24N2O/c1-4-17(15-10-6-5-7-11-15)19(22)20-18-13-9-8-12-16(18)14-21(2)3/h5-13,17H,4,14H2,1-3H3,(H,20,22)/t17-/m0/s1. The van der Waals surface area contributed by atoms with E-state index in [1.54, 1.807) is 0 Å². The van der Waals surface area contributed by atoms with Crippen LogP contribution in [-0.4, -0.2) is 24.9 Å². The predicted octanol–water partition coefficient (Wildman–Crippen LogP) is 3.88. The minimum absolute atomic E-state index is 0.0555. The van der Waals surface area contributed by atoms with Crippen LogP contribution in [0.1, 0.15) is 30.4 Å². The summed E-state index contributed by atoms with van der Waals surface area (Å²) in [5, 5.41) is 3.10. The van der Waals surface area contributed by atoms with Crippen LogP contribution in [0.3, 0.4) is 0 Å². The Bertz CT molecular complexity index is 608. The van der Waals surface area contributed by atoms with E-state index < -0.39 is 0 Å². The Balaban J connectivity index is 2.17. The lowest BCUT2D eigenvalue weighted by Gasteiger charge is -2.18. The number of para-hydroxylation sites is 1. The third-order valence-corrected chi connectivity index (χ3v) is 3.69. The van der Waals surface area contributed by atoms with Crippen LogP contribution in [0.15, 0.2) is 54.6 Å². The third-order valence-electron chi connectivity index (χ3n) is 3.69. The first-order chi connectivity index (χ1) is 10.6. The SMILES string of the molecule is CC[C@H](C(=O)Nc1ccccc1CN(C)C)c1ccccc1. The van der Waals surface area contributed by atoms with Gasteiger partial charge in [0.25, 0.3) is 0 Å². The Kier molecular flexibility index (Phi) is 5.73. The molecule has 0 bridgehead atoms. The van der Waals surface area contributed by atoms with Gasteiger partial charge in [-0.15, -0.1) is 0 Å². The Morgan fingerprint density at radius 1 is 1.05 bits per heavy atom. The van der Waals surface area contributed by atoms with E-state index in [9.17, 15) is 4.79 Å². The molecule has 0 aliphatic heterocycles. The van der Waals surface area contributed by atoms with Gasteiger partial charge in [-0.2, -0.15) is 0 Å². The van der Waals surface area contributed by atoms with Crippen LogP contribution >= 0.6 is 0 Å². The molecule has 2 aromatic carbocycles. The molecule has 1 N–H and O–H groups in total. The topological polar surface area (TPSA) is 32.3 Å². The molecule has 0 saturated carbocycles. The smallest absolute Gasteiger partial charge is 0.231 e. The average molecular weight is 296 g/mol. The monoisotopic (exact) mass is 296 g/mol. The average Bonchev–Trinajstić information content (AvgIpc) is 2.50. The summed E-state index contributed by atoms with van der Waals surface area (Å²) >= 11 is 0. The lowest BCUT2D eigenvalue weighted by atomic mass is 9.95. The van der Waals surface area contributed by atoms with Gasteiger partial charge in [-0.05, 0) is 37.7 Å². The molecule has 2 rings (SSSR count). The molecule has 116 valence electrons. The van der Waals surface area contributed by atoms with E-state index in [2.05, 4.69) is 16.3 Å². The zero-order valence-corrected chi connectivity index (χ0v) is 13.5. The minimum atomic E-state index is -0.117. The summed E-state index contributed by atoms with van der Waals surface area (Å²) in [5.41, 5.74) is 3.09. The molecule has 1 atom stereocenters. The summed E-state index contributed by atoms with van der Waals surface area (Å²) in [6.07, 6.45) is 0.783. The molecule has 0 aliphatic carbocycles. The maximum atomic E-state index is 12.7. The molecule has 0 fully saturated rings. The van der Waals surface area contributed by atoms with Gasteiger partial charge < -0.3 is 10.2 Å². The number of carbonyl (C=O) groups is 1. The van der Waals surface area contributed by atoms with E-state index in [0.29, 0.717) is 0 Å². The number of nitrogens with zero attached hydrogens (tertiary/aromatic N) is 1. The van der Waals surface area contributed by atoms with Gasteiger partial charge in [-0.1, -0.05) is 55.5 Å². The van der Waals surface area contributed by atoms with E-state index >= 15 is 0 Å². The fraction of sp³-hybridized carbons (Fsp3) is 0.316. The number of hydrogen-bond acceptors (Lipinski definition) is 2. The summed E-state index contributed by atoms with van der Waals surface area (Å²) < 4.78 is 0. The van der Waals surface area contributed by atoms with Crippen molar-refractivity contribution >= 4 is 11.6 Å². The van der Waals surface area contributed by atoms with Gasteiger partial charge in [0.2, 0.25) is 5.91 Å². The summed E-state index contributed by atoms with van der Waals surface area (Å²) in [5.74, 6) is -0.0616. The van der Waals surface area contributed by atoms with Gasteiger partial charge in [0, 0.05) is 12.2 Å². The molecule has 3 heteroatoms. The maximum Gasteiger partial charge on any atom is 0.231 e. The van der Waals surface area contributed by atoms with Gasteiger partial charge in [0.1, 0.15) is 0 Å². The highest BCUT2D eigenvalue weighted by atomic mass is 16.1. The highest BCUT2D eigenvalue weighted by Crippen LogP contribution is 2.23. The minimum Gasteiger partial charge on any atom is -0.325 e. The zero-order valence-electron chi connectivity index (χ0n) is 13.5. The van der Waals surface area contributed by atoms with Crippen molar-refractivity contribution < 1.29 is 4.79 Å². The van der Waals surface area contributed by atoms with Gasteiger partial charge >= 0.3 is 0 Å². The van der Waals surface area contributed by atoms with Crippen molar-refractivity contribution in [2.45, 2.75) is 25.8 Å². The number of amides is 1. The van der Waals surface area contributed by atoms with Crippen molar-refractivity contribution in [1.29, 1.82) is 0 Å². The first kappa shape index (κ1) is 16.2. The second-order valence-electron chi connectivity index (χ2n) is 5.76. The number of hydrogen-bond donors (Lipinski definition) is 1. The lowest BCUT2D eigenvalue weighted by Crippen LogP contribution is -2.22. The second kappa shape index (κ2) is 7.76. The molecule has 1 amide bonds. The van der Waals surface area contributed by atoms with Gasteiger partial charge in [-0.3, -0.25) is 4.79 Å². The number of rotatable bonds is 6. The van der Waals surface area contributed by atoms with Crippen LogP contribution in [-0.2, 0) is 11.3 Å². The van der Waals surface area contributed by atoms with Crippen molar-refractivity contribution in [2.75, 3.05) is 19.4 Å². The van der Waals surface area contributed by atoms with Gasteiger partial charge in [0.05, 0.1) is 5.92 Å². The summed E-state index contributed by atoms with van der Waals surface area (Å²) in [6, 6.07) is 17.9. The number of nitrogens with one attached hydrogen (secondary N) is 1. The molecule has 3 nitrogen and oxygen atoms in total. The lowest BCUT2D eigenvalue weighted by molar-refractivity contribution is -0.117. The van der Waals surface area contributed by atoms with E-state index in [1.165, 1.54) is 0 Å². The molecule has 22 heavy (non-hydrogen) atoms. The van der Waals surface area contributed by atoms with Crippen molar-refractivity contribution in [3.8, 4) is 0 Å². The van der Waals surface area contributed by atoms with E-state index in [4.69, 9.17) is 0 Å². The van der Waals surface area contributed by atoms with Gasteiger partial charge in [-0.25, -0.2) is 0 Å². The number of carbonyl (C=O) groups excluding carboxylic acids is 1. The quantitative estimate of drug-likeness (QED) is 0.877. The first-order valence-electron chi connectivity index (χ1n) is 7.70. The Labute approximate surface area is 133 Å². The van der Waals surface area contributed by atoms with E-state index in [1.807, 2.05) is 69.6 Å². The fourth-order valence-corrected chi connectivity index (χ4v) is 2.60. The molecule has 0 unspecified atom stereocenters. The summed E-state index contributed by atoms with van der Waals surface area (Å²) in [6.45, 7) is 2.85. The van der Waals surface area contributed by atoms with Crippen LogP contribution in [0.2, 0.25) is 0 Å². The molecular formula is C19H24N2O. The summed E-state index contributed by atoms with van der Waals surface area (Å²) in [7, 11) is 4.05. The van der Waals surface area contributed by atoms with E-state index in [0.717, 1.165) is 29.8 Å². The largest absolute Gasteiger partial charge is 0.325 e. The van der Waals surface area contributed by atoms with Crippen molar-refractivity contribution in [1.82, 2.24) is 4.90 Å². The molecule has 0 radical (unpaired) electrons. The molecular weight excluding hydrogens is 272 g/mol. The highest BCUT2D eigenvalue weighted by Gasteiger charge is 2.19. The Hall–Kier alpha value is -2.13. The Morgan fingerprint density at radius 2 is 1.68 bits per heavy atom. The van der Waals surface area contributed by atoms with Crippen LogP contribution in [0.25, 0.3) is 0 Å². The van der Waals surface area contributed by atoms with Crippen LogP contribution in [0.4, 0.5) is 5.69 Å². The fourth-order valence-electron chi connectivity index (χ4n) is 2.60. The van der Waals surface area contributed by atoms with Crippen LogP contribution in [0.5, 0.6) is 0 Å². The van der Waals surface area contributed by atoms with E-state index in [-0.39, 0.29) is 11.8 Å². The highest BCUT2D eigenvalue weighted by molar-refractivity contribution is 5.96. The third kappa shape index (κ3) is 4.18. The Morgan fingerprint density at radius 3 is 2.32 bits per heavy atom. The molecule has 0 aliphatic rings. The first-order valence-corrected chi connectivity index (χ1v) is 7.70. The molecule has 0 spiro atoms. The van der Waals surface area contributed by atoms with Gasteiger partial charge in [0.15, 0.2) is 0 Å². The molecule has 0 saturated heterocycles.